The average molecular weight is 229 g/mol. The van der Waals surface area contributed by atoms with Gasteiger partial charge < -0.3 is 10.5 Å². The number of benzene rings is 2. The van der Waals surface area contributed by atoms with Gasteiger partial charge in [-0.2, -0.15) is 0 Å². The molecule has 90 valence electrons. The Morgan fingerprint density at radius 3 is 2.29 bits per heavy atom. The molecular formula is C15H19NO. The summed E-state index contributed by atoms with van der Waals surface area (Å²) in [5.41, 5.74) is 8.18. The number of fused-ring (bicyclic) bond motifs is 1. The minimum absolute atomic E-state index is 0.0238. The molecule has 2 N–H and O–H groups in total. The lowest BCUT2D eigenvalue weighted by atomic mass is 9.82. The molecule has 17 heavy (non-hydrogen) atoms. The van der Waals surface area contributed by atoms with Crippen molar-refractivity contribution in [2.24, 2.45) is 0 Å². The lowest BCUT2D eigenvalue weighted by Crippen LogP contribution is -2.14. The van der Waals surface area contributed by atoms with Gasteiger partial charge in [0, 0.05) is 11.1 Å². The smallest absolute Gasteiger partial charge is 0.126 e. The Morgan fingerprint density at radius 2 is 1.71 bits per heavy atom. The Balaban J connectivity index is 2.87. The molecule has 0 aliphatic heterocycles. The summed E-state index contributed by atoms with van der Waals surface area (Å²) in [6, 6.07) is 10.1. The van der Waals surface area contributed by atoms with E-state index in [9.17, 15) is 0 Å². The first-order valence-electron chi connectivity index (χ1n) is 5.81. The minimum atomic E-state index is 0.0238. The van der Waals surface area contributed by atoms with Gasteiger partial charge in [0.15, 0.2) is 0 Å². The predicted molar refractivity (Wildman–Crippen MR) is 73.6 cm³/mol. The van der Waals surface area contributed by atoms with Crippen molar-refractivity contribution in [2.45, 2.75) is 26.2 Å². The molecule has 0 amide bonds. The first-order chi connectivity index (χ1) is 7.95. The van der Waals surface area contributed by atoms with Gasteiger partial charge in [-0.25, -0.2) is 0 Å². The van der Waals surface area contributed by atoms with Crippen LogP contribution in [0.2, 0.25) is 0 Å². The van der Waals surface area contributed by atoms with E-state index in [1.165, 1.54) is 10.9 Å². The number of methoxy groups -OCH3 is 1. The molecule has 0 heterocycles. The topological polar surface area (TPSA) is 35.2 Å². The van der Waals surface area contributed by atoms with Crippen LogP contribution in [0.25, 0.3) is 10.8 Å². The van der Waals surface area contributed by atoms with Crippen molar-refractivity contribution in [3.63, 3.8) is 0 Å². The monoisotopic (exact) mass is 229 g/mol. The minimum Gasteiger partial charge on any atom is -0.496 e. The normalized spacial score (nSPS) is 11.8. The summed E-state index contributed by atoms with van der Waals surface area (Å²) in [4.78, 5) is 0. The Labute approximate surface area is 102 Å². The maximum Gasteiger partial charge on any atom is 0.126 e. The van der Waals surface area contributed by atoms with Crippen LogP contribution in [0.4, 0.5) is 5.69 Å². The van der Waals surface area contributed by atoms with E-state index in [4.69, 9.17) is 10.5 Å². The lowest BCUT2D eigenvalue weighted by molar-refractivity contribution is 0.420. The van der Waals surface area contributed by atoms with E-state index in [1.807, 2.05) is 24.3 Å². The molecule has 0 radical (unpaired) electrons. The molecule has 0 unspecified atom stereocenters. The summed E-state index contributed by atoms with van der Waals surface area (Å²) in [5.74, 6) is 0.896. The molecule has 0 aliphatic rings. The zero-order valence-electron chi connectivity index (χ0n) is 10.9. The highest BCUT2D eigenvalue weighted by Crippen LogP contribution is 2.37. The van der Waals surface area contributed by atoms with E-state index < -0.39 is 0 Å². The Bertz CT molecular complexity index is 553. The highest BCUT2D eigenvalue weighted by Gasteiger charge is 2.20. The van der Waals surface area contributed by atoms with Crippen LogP contribution < -0.4 is 10.5 Å². The van der Waals surface area contributed by atoms with Gasteiger partial charge in [0.1, 0.15) is 5.75 Å². The van der Waals surface area contributed by atoms with Gasteiger partial charge in [0.2, 0.25) is 0 Å². The van der Waals surface area contributed by atoms with Crippen molar-refractivity contribution in [1.82, 2.24) is 0 Å². The molecule has 2 heteroatoms. The molecule has 2 aromatic carbocycles. The average Bonchev–Trinajstić information content (AvgIpc) is 2.25. The van der Waals surface area contributed by atoms with Crippen LogP contribution in [-0.4, -0.2) is 7.11 Å². The summed E-state index contributed by atoms with van der Waals surface area (Å²) in [6.07, 6.45) is 0. The maximum absolute atomic E-state index is 6.12. The van der Waals surface area contributed by atoms with Crippen molar-refractivity contribution < 1.29 is 4.74 Å². The van der Waals surface area contributed by atoms with Crippen LogP contribution in [0.15, 0.2) is 30.3 Å². The number of nitrogens with two attached hydrogens (primary N) is 1. The molecule has 0 aromatic heterocycles. The number of anilines is 1. The van der Waals surface area contributed by atoms with E-state index >= 15 is 0 Å². The number of hydrogen-bond acceptors (Lipinski definition) is 2. The van der Waals surface area contributed by atoms with Crippen LogP contribution in [0.3, 0.4) is 0 Å². The number of nitrogen functional groups attached to an aromatic ring is 1. The fourth-order valence-electron chi connectivity index (χ4n) is 2.36. The largest absolute Gasteiger partial charge is 0.496 e. The molecule has 0 bridgehead atoms. The van der Waals surface area contributed by atoms with Gasteiger partial charge in [-0.15, -0.1) is 0 Å². The second-order valence-corrected chi connectivity index (χ2v) is 5.34. The van der Waals surface area contributed by atoms with E-state index in [1.54, 1.807) is 7.11 Å². The zero-order valence-corrected chi connectivity index (χ0v) is 10.9. The molecule has 2 aromatic rings. The second-order valence-electron chi connectivity index (χ2n) is 5.34. The molecule has 2 rings (SSSR count). The van der Waals surface area contributed by atoms with Gasteiger partial charge in [0.05, 0.1) is 7.11 Å². The molecule has 0 fully saturated rings. The quantitative estimate of drug-likeness (QED) is 0.756. The van der Waals surface area contributed by atoms with E-state index in [0.717, 1.165) is 16.8 Å². The van der Waals surface area contributed by atoms with Crippen LogP contribution in [0, 0.1) is 0 Å². The summed E-state index contributed by atoms with van der Waals surface area (Å²) >= 11 is 0. The first-order valence-corrected chi connectivity index (χ1v) is 5.81. The van der Waals surface area contributed by atoms with Crippen molar-refractivity contribution in [3.8, 4) is 5.75 Å². The van der Waals surface area contributed by atoms with E-state index in [-0.39, 0.29) is 5.41 Å². The third-order valence-electron chi connectivity index (χ3n) is 3.02. The first kappa shape index (κ1) is 11.8. The van der Waals surface area contributed by atoms with Gasteiger partial charge in [-0.05, 0) is 34.6 Å². The van der Waals surface area contributed by atoms with Gasteiger partial charge in [0.25, 0.3) is 0 Å². The van der Waals surface area contributed by atoms with E-state index in [2.05, 4.69) is 26.8 Å². The van der Waals surface area contributed by atoms with Crippen LogP contribution in [-0.2, 0) is 5.41 Å². The highest BCUT2D eigenvalue weighted by atomic mass is 16.5. The van der Waals surface area contributed by atoms with Crippen LogP contribution >= 0.6 is 0 Å². The molecule has 0 saturated heterocycles. The summed E-state index contributed by atoms with van der Waals surface area (Å²) in [6.45, 7) is 6.53. The standard InChI is InChI=1S/C15H19NO/c1-15(2,3)14-11-6-5-7-13(17-4)10(11)8-9-12(14)16/h5-9H,16H2,1-4H3. The molecule has 0 aliphatic carbocycles. The van der Waals surface area contributed by atoms with Crippen molar-refractivity contribution in [2.75, 3.05) is 12.8 Å². The van der Waals surface area contributed by atoms with Gasteiger partial charge >= 0.3 is 0 Å². The molecular weight excluding hydrogens is 210 g/mol. The van der Waals surface area contributed by atoms with Crippen LogP contribution in [0.5, 0.6) is 5.75 Å². The van der Waals surface area contributed by atoms with Crippen LogP contribution in [0.1, 0.15) is 26.3 Å². The zero-order chi connectivity index (χ0) is 12.6. The SMILES string of the molecule is COc1cccc2c(C(C)(C)C)c(N)ccc12. The lowest BCUT2D eigenvalue weighted by Gasteiger charge is -2.24. The molecule has 0 spiro atoms. The number of hydrogen-bond donors (Lipinski definition) is 1. The van der Waals surface area contributed by atoms with Gasteiger partial charge in [-0.3, -0.25) is 0 Å². The summed E-state index contributed by atoms with van der Waals surface area (Å²) < 4.78 is 5.39. The second kappa shape index (κ2) is 3.95. The Kier molecular flexibility index (Phi) is 2.74. The summed E-state index contributed by atoms with van der Waals surface area (Å²) in [5, 5.41) is 2.30. The van der Waals surface area contributed by atoms with Gasteiger partial charge in [-0.1, -0.05) is 32.9 Å². The van der Waals surface area contributed by atoms with E-state index in [0.29, 0.717) is 0 Å². The van der Waals surface area contributed by atoms with Crippen molar-refractivity contribution in [3.05, 3.63) is 35.9 Å². The number of rotatable bonds is 1. The van der Waals surface area contributed by atoms with Crippen molar-refractivity contribution >= 4 is 16.5 Å². The predicted octanol–water partition coefficient (Wildman–Crippen LogP) is 3.73. The highest BCUT2D eigenvalue weighted by molar-refractivity contribution is 5.94. The Hall–Kier alpha value is -1.70. The van der Waals surface area contributed by atoms with Crippen molar-refractivity contribution in [1.29, 1.82) is 0 Å². The molecule has 0 saturated carbocycles. The third kappa shape index (κ3) is 1.95. The summed E-state index contributed by atoms with van der Waals surface area (Å²) in [7, 11) is 1.70. The fourth-order valence-corrected chi connectivity index (χ4v) is 2.36. The third-order valence-corrected chi connectivity index (χ3v) is 3.02. The molecule has 0 atom stereocenters. The fraction of sp³-hybridized carbons (Fsp3) is 0.333. The Morgan fingerprint density at radius 1 is 1.00 bits per heavy atom. The molecule has 2 nitrogen and oxygen atoms in total. The number of ether oxygens (including phenoxy) is 1. The maximum atomic E-state index is 6.12.